The summed E-state index contributed by atoms with van der Waals surface area (Å²) in [6.45, 7) is 0. The van der Waals surface area contributed by atoms with Gasteiger partial charge in [-0.15, -0.1) is 0 Å². The summed E-state index contributed by atoms with van der Waals surface area (Å²) in [7, 11) is -15.5. The van der Waals surface area contributed by atoms with Gasteiger partial charge in [-0.25, -0.2) is 0 Å². The Labute approximate surface area is 175 Å². The van der Waals surface area contributed by atoms with Crippen molar-refractivity contribution in [2.75, 3.05) is 0 Å². The van der Waals surface area contributed by atoms with Crippen LogP contribution in [0.15, 0.2) is 0 Å². The van der Waals surface area contributed by atoms with Crippen molar-refractivity contribution in [3.8, 4) is 0 Å². The van der Waals surface area contributed by atoms with Crippen LogP contribution in [0.2, 0.25) is 0 Å². The van der Waals surface area contributed by atoms with Crippen molar-refractivity contribution < 1.29 is 72.0 Å². The Balaban J connectivity index is -0.0000000277. The first-order valence-electron chi connectivity index (χ1n) is 2.00. The van der Waals surface area contributed by atoms with Crippen LogP contribution >= 0.6 is 0 Å². The smallest absolute Gasteiger partial charge is 0.759 e. The standard InChI is InChI=1S/2Ca.3H2O4S.Zn/c;;3*1-5(2,3)4;/h;;3*(H2,1,2,3,4);/q2*+2;;;;+2/p-6. The van der Waals surface area contributed by atoms with E-state index < -0.39 is 31.2 Å². The second-order valence-corrected chi connectivity index (χ2v) is 3.67. The van der Waals surface area contributed by atoms with Crippen LogP contribution in [0.3, 0.4) is 0 Å². The summed E-state index contributed by atoms with van der Waals surface area (Å²) in [5.74, 6) is 0. The molecule has 0 aromatic rings. The van der Waals surface area contributed by atoms with E-state index >= 15 is 0 Å². The van der Waals surface area contributed by atoms with E-state index in [-0.39, 0.29) is 95.0 Å². The Morgan fingerprint density at radius 2 is 0.444 bits per heavy atom. The maximum Gasteiger partial charge on any atom is 2.00 e. The Morgan fingerprint density at radius 3 is 0.444 bits per heavy atom. The monoisotopic (exact) mass is 432 g/mol. The molecule has 0 bridgehead atoms. The van der Waals surface area contributed by atoms with Crippen molar-refractivity contribution in [3.63, 3.8) is 0 Å². The number of hydrogen-bond donors (Lipinski definition) is 0. The Hall–Kier alpha value is 2.75. The second kappa shape index (κ2) is 16.1. The summed E-state index contributed by atoms with van der Waals surface area (Å²) in [6, 6.07) is 0. The molecular weight excluding hydrogens is 434 g/mol. The van der Waals surface area contributed by atoms with Gasteiger partial charge in [0.15, 0.2) is 0 Å². The zero-order chi connectivity index (χ0) is 13.5. The minimum Gasteiger partial charge on any atom is -0.759 e. The molecule has 96 valence electrons. The molecule has 0 aromatic carbocycles. The summed E-state index contributed by atoms with van der Waals surface area (Å²) in [6.07, 6.45) is 0. The molecule has 0 unspecified atom stereocenters. The molecule has 0 spiro atoms. The molecule has 0 heterocycles. The summed E-state index contributed by atoms with van der Waals surface area (Å²) >= 11 is 0. The Morgan fingerprint density at radius 1 is 0.444 bits per heavy atom. The molecule has 0 N–H and O–H groups in total. The van der Waals surface area contributed by atoms with Gasteiger partial charge < -0.3 is 27.3 Å². The van der Waals surface area contributed by atoms with Crippen LogP contribution < -0.4 is 0 Å². The van der Waals surface area contributed by atoms with Crippen LogP contribution in [-0.4, -0.2) is 128 Å². The summed E-state index contributed by atoms with van der Waals surface area (Å²) < 4.78 is 102. The van der Waals surface area contributed by atoms with Crippen molar-refractivity contribution in [2.24, 2.45) is 0 Å². The quantitative estimate of drug-likeness (QED) is 0.198. The van der Waals surface area contributed by atoms with Gasteiger partial charge in [0.25, 0.3) is 0 Å². The van der Waals surface area contributed by atoms with Gasteiger partial charge in [0, 0.05) is 31.2 Å². The average molecular weight is 434 g/mol. The van der Waals surface area contributed by atoms with E-state index in [4.69, 9.17) is 52.6 Å². The molecule has 0 radical (unpaired) electrons. The molecular formula is Ca2O12S3Zn. The average Bonchev–Trinajstić information content (AvgIpc) is 1.41. The topological polar surface area (TPSA) is 241 Å². The fourth-order valence-electron chi connectivity index (χ4n) is 0. The van der Waals surface area contributed by atoms with Gasteiger partial charge in [-0.3, -0.25) is 25.3 Å². The van der Waals surface area contributed by atoms with Crippen molar-refractivity contribution in [2.45, 2.75) is 0 Å². The fourth-order valence-corrected chi connectivity index (χ4v) is 0. The zero-order valence-electron chi connectivity index (χ0n) is 8.25. The van der Waals surface area contributed by atoms with Crippen LogP contribution in [0.4, 0.5) is 0 Å². The predicted octanol–water partition coefficient (Wildman–Crippen LogP) is -4.78. The molecule has 0 fully saturated rings. The van der Waals surface area contributed by atoms with Gasteiger partial charge in [0.05, 0.1) is 0 Å². The SMILES string of the molecule is O=S(=O)([O-])[O-].O=S(=O)([O-])[O-].O=S(=O)([O-])[O-].[Ca+2].[Ca+2].[Zn+2]. The molecule has 18 heavy (non-hydrogen) atoms. The minimum absolute atomic E-state index is 0. The Bertz CT molecular complexity index is 346. The largest absolute Gasteiger partial charge is 2.00 e. The van der Waals surface area contributed by atoms with E-state index in [9.17, 15) is 0 Å². The molecule has 18 heteroatoms. The first kappa shape index (κ1) is 37.2. The van der Waals surface area contributed by atoms with E-state index in [1.165, 1.54) is 0 Å². The molecule has 0 rings (SSSR count). The maximum absolute atomic E-state index is 8.52. The maximum atomic E-state index is 8.52. The van der Waals surface area contributed by atoms with E-state index in [0.717, 1.165) is 0 Å². The number of hydrogen-bond acceptors (Lipinski definition) is 12. The van der Waals surface area contributed by atoms with Gasteiger partial charge >= 0.3 is 95.0 Å². The van der Waals surface area contributed by atoms with Crippen LogP contribution in [-0.2, 0) is 50.7 Å². The molecule has 0 atom stereocenters. The van der Waals surface area contributed by atoms with Crippen molar-refractivity contribution in [1.82, 2.24) is 0 Å². The van der Waals surface area contributed by atoms with Crippen LogP contribution in [0.1, 0.15) is 0 Å². The molecule has 0 aliphatic heterocycles. The minimum atomic E-state index is -5.17. The van der Waals surface area contributed by atoms with E-state index in [0.29, 0.717) is 0 Å². The van der Waals surface area contributed by atoms with E-state index in [1.54, 1.807) is 0 Å². The second-order valence-electron chi connectivity index (χ2n) is 1.22. The van der Waals surface area contributed by atoms with E-state index in [1.807, 2.05) is 0 Å². The van der Waals surface area contributed by atoms with Gasteiger partial charge in [-0.1, -0.05) is 0 Å². The summed E-state index contributed by atoms with van der Waals surface area (Å²) in [4.78, 5) is 0. The summed E-state index contributed by atoms with van der Waals surface area (Å²) in [5.41, 5.74) is 0. The third-order valence-electron chi connectivity index (χ3n) is 0. The van der Waals surface area contributed by atoms with Crippen LogP contribution in [0, 0.1) is 0 Å². The van der Waals surface area contributed by atoms with Crippen molar-refractivity contribution >= 4 is 107 Å². The zero-order valence-corrected chi connectivity index (χ0v) is 18.1. The van der Waals surface area contributed by atoms with Gasteiger partial charge in [0.1, 0.15) is 0 Å². The van der Waals surface area contributed by atoms with Gasteiger partial charge in [-0.05, 0) is 0 Å². The van der Waals surface area contributed by atoms with Gasteiger partial charge in [-0.2, -0.15) is 0 Å². The third kappa shape index (κ3) is 780. The third-order valence-corrected chi connectivity index (χ3v) is 0. The molecule has 0 amide bonds. The summed E-state index contributed by atoms with van der Waals surface area (Å²) in [5, 5.41) is 0. The van der Waals surface area contributed by atoms with Crippen LogP contribution in [0.5, 0.6) is 0 Å². The molecule has 12 nitrogen and oxygen atoms in total. The van der Waals surface area contributed by atoms with Crippen LogP contribution in [0.25, 0.3) is 0 Å². The molecule has 0 aliphatic carbocycles. The van der Waals surface area contributed by atoms with Gasteiger partial charge in [0.2, 0.25) is 0 Å². The first-order chi connectivity index (χ1) is 6.00. The van der Waals surface area contributed by atoms with Crippen molar-refractivity contribution in [3.05, 3.63) is 0 Å². The fraction of sp³-hybridized carbons (Fsp3) is 0. The molecule has 0 saturated heterocycles. The van der Waals surface area contributed by atoms with E-state index in [2.05, 4.69) is 0 Å². The normalized spacial score (nSPS) is 9.67. The van der Waals surface area contributed by atoms with Crippen molar-refractivity contribution in [1.29, 1.82) is 0 Å². The molecule has 0 aliphatic rings. The first-order valence-corrected chi connectivity index (χ1v) is 6.00. The molecule has 0 saturated carbocycles. The predicted molar refractivity (Wildman–Crippen MR) is 42.9 cm³/mol. The number of rotatable bonds is 0. The molecule has 0 aromatic heterocycles. The Kier molecular flexibility index (Phi) is 33.3.